The summed E-state index contributed by atoms with van der Waals surface area (Å²) in [6, 6.07) is 7.50. The Morgan fingerprint density at radius 1 is 1.12 bits per heavy atom. The van der Waals surface area contributed by atoms with Gasteiger partial charge in [0, 0.05) is 18.2 Å². The minimum Gasteiger partial charge on any atom is -0.497 e. The van der Waals surface area contributed by atoms with E-state index in [1.165, 1.54) is 18.5 Å². The lowest BCUT2D eigenvalue weighted by Gasteiger charge is -2.12. The van der Waals surface area contributed by atoms with Crippen LogP contribution in [0.25, 0.3) is 10.6 Å². The van der Waals surface area contributed by atoms with E-state index in [0.29, 0.717) is 17.6 Å². The highest BCUT2D eigenvalue weighted by Gasteiger charge is 2.30. The second-order valence-corrected chi connectivity index (χ2v) is 7.38. The van der Waals surface area contributed by atoms with E-state index in [9.17, 15) is 0 Å². The molecule has 1 fully saturated rings. The summed E-state index contributed by atoms with van der Waals surface area (Å²) in [6.45, 7) is 2.04. The Morgan fingerprint density at radius 2 is 1.96 bits per heavy atom. The molecule has 3 aromatic rings. The van der Waals surface area contributed by atoms with Gasteiger partial charge in [-0.1, -0.05) is 0 Å². The molecule has 0 amide bonds. The highest BCUT2D eigenvalue weighted by Crippen LogP contribution is 2.45. The second kappa shape index (κ2) is 6.92. The van der Waals surface area contributed by atoms with Gasteiger partial charge >= 0.3 is 0 Å². The Hall–Kier alpha value is -2.67. The number of hydrogen-bond donors (Lipinski definition) is 1. The molecule has 2 heterocycles. The summed E-state index contributed by atoms with van der Waals surface area (Å²) in [5.41, 5.74) is 2.83. The summed E-state index contributed by atoms with van der Waals surface area (Å²) in [7, 11) is 3.26. The summed E-state index contributed by atoms with van der Waals surface area (Å²) >= 11 is 1.69. The van der Waals surface area contributed by atoms with Gasteiger partial charge in [0.05, 0.1) is 41.2 Å². The topological polar surface area (TPSA) is 69.2 Å². The first-order chi connectivity index (χ1) is 12.7. The molecule has 7 heteroatoms. The summed E-state index contributed by atoms with van der Waals surface area (Å²) in [5, 5.41) is 4.31. The minimum atomic E-state index is 0.516. The highest BCUT2D eigenvalue weighted by atomic mass is 32.1. The lowest BCUT2D eigenvalue weighted by atomic mass is 10.2. The maximum absolute atomic E-state index is 5.41. The number of aromatic nitrogens is 3. The van der Waals surface area contributed by atoms with E-state index in [4.69, 9.17) is 19.4 Å². The predicted octanol–water partition coefficient (Wildman–Crippen LogP) is 4.55. The molecule has 0 spiro atoms. The third-order valence-electron chi connectivity index (χ3n) is 4.27. The Labute approximate surface area is 156 Å². The van der Waals surface area contributed by atoms with Crippen molar-refractivity contribution >= 4 is 23.0 Å². The molecular formula is C19H20N4O2S. The molecule has 1 N–H and O–H groups in total. The van der Waals surface area contributed by atoms with Crippen LogP contribution in [0.1, 0.15) is 29.5 Å². The highest BCUT2D eigenvalue weighted by molar-refractivity contribution is 7.15. The van der Waals surface area contributed by atoms with Crippen LogP contribution < -0.4 is 14.8 Å². The van der Waals surface area contributed by atoms with Crippen LogP contribution >= 0.6 is 11.3 Å². The maximum Gasteiger partial charge on any atom is 0.227 e. The molecular weight excluding hydrogens is 348 g/mol. The molecule has 1 saturated carbocycles. The fourth-order valence-corrected chi connectivity index (χ4v) is 3.81. The van der Waals surface area contributed by atoms with E-state index >= 15 is 0 Å². The van der Waals surface area contributed by atoms with Crippen molar-refractivity contribution in [1.82, 2.24) is 15.0 Å². The van der Waals surface area contributed by atoms with Crippen LogP contribution in [0.15, 0.2) is 30.5 Å². The van der Waals surface area contributed by atoms with Gasteiger partial charge in [-0.25, -0.2) is 15.0 Å². The zero-order valence-corrected chi connectivity index (χ0v) is 15.8. The lowest BCUT2D eigenvalue weighted by molar-refractivity contribution is 0.405. The van der Waals surface area contributed by atoms with Crippen LogP contribution in [0.4, 0.5) is 11.6 Å². The molecule has 134 valence electrons. The molecule has 0 atom stereocenters. The van der Waals surface area contributed by atoms with Crippen molar-refractivity contribution in [2.45, 2.75) is 25.7 Å². The van der Waals surface area contributed by atoms with Crippen LogP contribution in [-0.4, -0.2) is 29.2 Å². The van der Waals surface area contributed by atoms with E-state index in [0.717, 1.165) is 27.0 Å². The monoisotopic (exact) mass is 368 g/mol. The Morgan fingerprint density at radius 3 is 2.69 bits per heavy atom. The van der Waals surface area contributed by atoms with Crippen molar-refractivity contribution in [3.63, 3.8) is 0 Å². The molecule has 2 aromatic heterocycles. The summed E-state index contributed by atoms with van der Waals surface area (Å²) in [6.07, 6.45) is 4.20. The molecule has 4 rings (SSSR count). The van der Waals surface area contributed by atoms with Crippen molar-refractivity contribution in [3.8, 4) is 22.1 Å². The molecule has 1 aliphatic rings. The van der Waals surface area contributed by atoms with Crippen molar-refractivity contribution in [1.29, 1.82) is 0 Å². The molecule has 1 aromatic carbocycles. The van der Waals surface area contributed by atoms with Gasteiger partial charge in [-0.2, -0.15) is 0 Å². The number of anilines is 2. The van der Waals surface area contributed by atoms with Crippen molar-refractivity contribution in [2.24, 2.45) is 0 Å². The first-order valence-electron chi connectivity index (χ1n) is 8.47. The van der Waals surface area contributed by atoms with Gasteiger partial charge in [0.1, 0.15) is 11.5 Å². The van der Waals surface area contributed by atoms with E-state index in [2.05, 4.69) is 10.3 Å². The van der Waals surface area contributed by atoms with Crippen molar-refractivity contribution in [2.75, 3.05) is 19.5 Å². The third kappa shape index (κ3) is 3.35. The number of nitrogens with one attached hydrogen (secondary N) is 1. The molecule has 0 unspecified atom stereocenters. The molecule has 26 heavy (non-hydrogen) atoms. The quantitative estimate of drug-likeness (QED) is 0.688. The largest absolute Gasteiger partial charge is 0.497 e. The van der Waals surface area contributed by atoms with Gasteiger partial charge in [0.25, 0.3) is 0 Å². The standard InChI is InChI=1S/C19H20N4O2S/c1-11-21-17(12-4-5-12)18(26-11)14-8-9-20-19(22-14)23-15-10-13(24-2)6-7-16(15)25-3/h6-10,12H,4-5H2,1-3H3,(H,20,22,23). The predicted molar refractivity (Wildman–Crippen MR) is 103 cm³/mol. The van der Waals surface area contributed by atoms with E-state index in [-0.39, 0.29) is 0 Å². The number of benzene rings is 1. The summed E-state index contributed by atoms with van der Waals surface area (Å²) in [4.78, 5) is 14.9. The minimum absolute atomic E-state index is 0.516. The second-order valence-electron chi connectivity index (χ2n) is 6.18. The summed E-state index contributed by atoms with van der Waals surface area (Å²) < 4.78 is 10.7. The fraction of sp³-hybridized carbons (Fsp3) is 0.316. The average molecular weight is 368 g/mol. The lowest BCUT2D eigenvalue weighted by Crippen LogP contribution is -2.00. The van der Waals surface area contributed by atoms with Crippen LogP contribution in [0.5, 0.6) is 11.5 Å². The number of hydrogen-bond acceptors (Lipinski definition) is 7. The smallest absolute Gasteiger partial charge is 0.227 e. The first kappa shape index (κ1) is 16.8. The Kier molecular flexibility index (Phi) is 4.46. The number of rotatable bonds is 6. The number of ether oxygens (including phenoxy) is 2. The first-order valence-corrected chi connectivity index (χ1v) is 9.29. The fourth-order valence-electron chi connectivity index (χ4n) is 2.84. The normalized spacial score (nSPS) is 13.5. The molecule has 0 bridgehead atoms. The van der Waals surface area contributed by atoms with Crippen molar-refractivity contribution < 1.29 is 9.47 Å². The van der Waals surface area contributed by atoms with Gasteiger partial charge < -0.3 is 14.8 Å². The number of aryl methyl sites for hydroxylation is 1. The van der Waals surface area contributed by atoms with E-state index in [1.54, 1.807) is 31.8 Å². The molecule has 6 nitrogen and oxygen atoms in total. The molecule has 0 aliphatic heterocycles. The summed E-state index contributed by atoms with van der Waals surface area (Å²) in [5.74, 6) is 2.53. The van der Waals surface area contributed by atoms with E-state index < -0.39 is 0 Å². The van der Waals surface area contributed by atoms with Crippen molar-refractivity contribution in [3.05, 3.63) is 41.2 Å². The van der Waals surface area contributed by atoms with Crippen LogP contribution in [0.3, 0.4) is 0 Å². The van der Waals surface area contributed by atoms with Crippen LogP contribution in [0, 0.1) is 6.92 Å². The SMILES string of the molecule is COc1ccc(OC)c(Nc2nccc(-c3sc(C)nc3C3CC3)n2)c1. The number of methoxy groups -OCH3 is 2. The Bertz CT molecular complexity index is 937. The van der Waals surface area contributed by atoms with Gasteiger partial charge in [-0.15, -0.1) is 11.3 Å². The van der Waals surface area contributed by atoms with Gasteiger partial charge in [-0.05, 0) is 38.0 Å². The van der Waals surface area contributed by atoms with Crippen LogP contribution in [0.2, 0.25) is 0 Å². The molecule has 0 saturated heterocycles. The van der Waals surface area contributed by atoms with Gasteiger partial charge in [0.15, 0.2) is 0 Å². The van der Waals surface area contributed by atoms with Gasteiger partial charge in [-0.3, -0.25) is 0 Å². The van der Waals surface area contributed by atoms with Crippen LogP contribution in [-0.2, 0) is 0 Å². The third-order valence-corrected chi connectivity index (χ3v) is 5.27. The number of thiazole rings is 1. The molecule has 1 aliphatic carbocycles. The molecule has 0 radical (unpaired) electrons. The number of nitrogens with zero attached hydrogens (tertiary/aromatic N) is 3. The zero-order valence-electron chi connectivity index (χ0n) is 14.9. The maximum atomic E-state index is 5.41. The van der Waals surface area contributed by atoms with Gasteiger partial charge in [0.2, 0.25) is 5.95 Å². The average Bonchev–Trinajstić information content (AvgIpc) is 3.43. The van der Waals surface area contributed by atoms with E-state index in [1.807, 2.05) is 31.2 Å². The Balaban J connectivity index is 1.67. The zero-order chi connectivity index (χ0) is 18.1.